The summed E-state index contributed by atoms with van der Waals surface area (Å²) in [5, 5.41) is 0.161. The van der Waals surface area contributed by atoms with Crippen LogP contribution in [0.1, 0.15) is 10.4 Å². The zero-order chi connectivity index (χ0) is 18.4. The molecular formula is C16H15ClFNO5S. The molecule has 0 unspecified atom stereocenters. The summed E-state index contributed by atoms with van der Waals surface area (Å²) >= 11 is 5.86. The molecule has 0 bridgehead atoms. The molecule has 0 saturated heterocycles. The largest absolute Gasteiger partial charge is 0.490 e. The molecule has 0 aliphatic carbocycles. The summed E-state index contributed by atoms with van der Waals surface area (Å²) in [6.07, 6.45) is 0. The Hall–Kier alpha value is -2.16. The molecule has 0 aromatic heterocycles. The Labute approximate surface area is 149 Å². The lowest BCUT2D eigenvalue weighted by atomic mass is 10.2. The molecule has 0 radical (unpaired) electrons. The van der Waals surface area contributed by atoms with Crippen molar-refractivity contribution in [2.45, 2.75) is 4.90 Å². The quantitative estimate of drug-likeness (QED) is 0.738. The highest BCUT2D eigenvalue weighted by Crippen LogP contribution is 2.27. The fraction of sp³-hybridized carbons (Fsp3) is 0.188. The number of amides is 1. The topological polar surface area (TPSA) is 81.7 Å². The minimum Gasteiger partial charge on any atom is -0.490 e. The third-order valence-corrected chi connectivity index (χ3v) is 4.66. The molecule has 1 amide bonds. The smallest absolute Gasteiger partial charge is 0.268 e. The Bertz CT molecular complexity index is 855. The van der Waals surface area contributed by atoms with E-state index in [1.807, 2.05) is 4.72 Å². The van der Waals surface area contributed by atoms with Crippen molar-refractivity contribution in [3.05, 3.63) is 58.9 Å². The predicted molar refractivity (Wildman–Crippen MR) is 89.9 cm³/mol. The lowest BCUT2D eigenvalue weighted by Gasteiger charge is -2.13. The summed E-state index contributed by atoms with van der Waals surface area (Å²) in [5.41, 5.74) is -0.00569. The number of carbonyl (C=O) groups excluding carboxylic acids is 1. The second kappa shape index (κ2) is 8.28. The van der Waals surface area contributed by atoms with E-state index < -0.39 is 21.7 Å². The zero-order valence-electron chi connectivity index (χ0n) is 13.2. The van der Waals surface area contributed by atoms with Crippen molar-refractivity contribution in [3.8, 4) is 5.75 Å². The second-order valence-electron chi connectivity index (χ2n) is 4.87. The van der Waals surface area contributed by atoms with Crippen molar-refractivity contribution < 1.29 is 27.1 Å². The number of halogens is 2. The first-order chi connectivity index (χ1) is 11.8. The Morgan fingerprint density at radius 3 is 2.48 bits per heavy atom. The van der Waals surface area contributed by atoms with Gasteiger partial charge in [-0.3, -0.25) is 4.79 Å². The Kier molecular flexibility index (Phi) is 6.35. The Balaban J connectivity index is 2.27. The fourth-order valence-electron chi connectivity index (χ4n) is 1.88. The third kappa shape index (κ3) is 5.15. The van der Waals surface area contributed by atoms with Gasteiger partial charge in [0.2, 0.25) is 0 Å². The van der Waals surface area contributed by atoms with E-state index in [4.69, 9.17) is 21.1 Å². The fourth-order valence-corrected chi connectivity index (χ4v) is 3.27. The van der Waals surface area contributed by atoms with Crippen molar-refractivity contribution in [1.82, 2.24) is 4.72 Å². The molecule has 0 atom stereocenters. The van der Waals surface area contributed by atoms with Crippen LogP contribution in [0.5, 0.6) is 5.75 Å². The van der Waals surface area contributed by atoms with Crippen molar-refractivity contribution >= 4 is 27.5 Å². The number of rotatable bonds is 7. The summed E-state index contributed by atoms with van der Waals surface area (Å²) < 4.78 is 50.0. The summed E-state index contributed by atoms with van der Waals surface area (Å²) in [7, 11) is -2.77. The molecule has 2 aromatic rings. The van der Waals surface area contributed by atoms with Crippen LogP contribution in [-0.2, 0) is 14.8 Å². The lowest BCUT2D eigenvalue weighted by Crippen LogP contribution is -2.31. The van der Waals surface area contributed by atoms with Gasteiger partial charge in [0.15, 0.2) is 0 Å². The van der Waals surface area contributed by atoms with Gasteiger partial charge in [0.25, 0.3) is 15.9 Å². The van der Waals surface area contributed by atoms with Gasteiger partial charge >= 0.3 is 0 Å². The van der Waals surface area contributed by atoms with E-state index in [1.54, 1.807) is 0 Å². The molecule has 0 aliphatic rings. The molecule has 6 nitrogen and oxygen atoms in total. The maximum atomic E-state index is 12.9. The zero-order valence-corrected chi connectivity index (χ0v) is 14.7. The molecule has 1 N–H and O–H groups in total. The summed E-state index contributed by atoms with van der Waals surface area (Å²) in [6, 6.07) is 8.48. The molecule has 9 heteroatoms. The first kappa shape index (κ1) is 19.2. The number of ether oxygens (including phenoxy) is 2. The van der Waals surface area contributed by atoms with E-state index in [0.717, 1.165) is 12.1 Å². The van der Waals surface area contributed by atoms with E-state index in [2.05, 4.69) is 0 Å². The number of benzene rings is 2. The highest BCUT2D eigenvalue weighted by atomic mass is 35.5. The van der Waals surface area contributed by atoms with E-state index in [9.17, 15) is 17.6 Å². The second-order valence-corrected chi connectivity index (χ2v) is 6.96. The number of hydrogen-bond acceptors (Lipinski definition) is 5. The van der Waals surface area contributed by atoms with Crippen molar-refractivity contribution in [1.29, 1.82) is 0 Å². The van der Waals surface area contributed by atoms with E-state index in [0.29, 0.717) is 0 Å². The maximum absolute atomic E-state index is 12.9. The highest BCUT2D eigenvalue weighted by molar-refractivity contribution is 7.90. The van der Waals surface area contributed by atoms with Crippen LogP contribution in [0.2, 0.25) is 5.02 Å². The number of carbonyl (C=O) groups is 1. The number of hydrogen-bond donors (Lipinski definition) is 1. The van der Waals surface area contributed by atoms with E-state index in [-0.39, 0.29) is 34.4 Å². The van der Waals surface area contributed by atoms with E-state index >= 15 is 0 Å². The molecule has 2 rings (SSSR count). The van der Waals surface area contributed by atoms with Crippen LogP contribution in [0.15, 0.2) is 47.4 Å². The number of sulfonamides is 1. The number of methoxy groups -OCH3 is 1. The molecule has 134 valence electrons. The first-order valence-electron chi connectivity index (χ1n) is 7.07. The minimum absolute atomic E-state index is 0.00569. The van der Waals surface area contributed by atoms with Crippen molar-refractivity contribution in [2.24, 2.45) is 0 Å². The average molecular weight is 388 g/mol. The van der Waals surface area contributed by atoms with Crippen LogP contribution in [0.3, 0.4) is 0 Å². The minimum atomic E-state index is -4.25. The summed E-state index contributed by atoms with van der Waals surface area (Å²) in [6.45, 7) is 0.372. The van der Waals surface area contributed by atoms with Crippen molar-refractivity contribution in [3.63, 3.8) is 0 Å². The molecule has 2 aromatic carbocycles. The van der Waals surface area contributed by atoms with Gasteiger partial charge < -0.3 is 9.47 Å². The van der Waals surface area contributed by atoms with Crippen LogP contribution in [0, 0.1) is 5.82 Å². The van der Waals surface area contributed by atoms with E-state index in [1.165, 1.54) is 37.4 Å². The van der Waals surface area contributed by atoms with Gasteiger partial charge in [-0.15, -0.1) is 0 Å². The third-order valence-electron chi connectivity index (χ3n) is 3.07. The highest BCUT2D eigenvalue weighted by Gasteiger charge is 2.23. The van der Waals surface area contributed by atoms with Gasteiger partial charge in [-0.05, 0) is 42.5 Å². The monoisotopic (exact) mass is 387 g/mol. The maximum Gasteiger partial charge on any atom is 0.268 e. The van der Waals surface area contributed by atoms with Crippen molar-refractivity contribution in [2.75, 3.05) is 20.3 Å². The SMILES string of the molecule is COCCOc1ccc(Cl)cc1S(=O)(=O)NC(=O)c1ccc(F)cc1. The molecule has 0 spiro atoms. The van der Waals surface area contributed by atoms with Crippen LogP contribution in [0.4, 0.5) is 4.39 Å². The lowest BCUT2D eigenvalue weighted by molar-refractivity contribution is 0.0981. The molecule has 0 saturated carbocycles. The predicted octanol–water partition coefficient (Wildman–Crippen LogP) is 2.62. The average Bonchev–Trinajstić information content (AvgIpc) is 2.56. The van der Waals surface area contributed by atoms with Gasteiger partial charge in [0.05, 0.1) is 6.61 Å². The van der Waals surface area contributed by atoms with Gasteiger partial charge in [0, 0.05) is 17.7 Å². The Morgan fingerprint density at radius 2 is 1.84 bits per heavy atom. The number of nitrogens with one attached hydrogen (secondary N) is 1. The van der Waals surface area contributed by atoms with Crippen LogP contribution in [0.25, 0.3) is 0 Å². The van der Waals surface area contributed by atoms with Crippen LogP contribution in [-0.4, -0.2) is 34.6 Å². The summed E-state index contributed by atoms with van der Waals surface area (Å²) in [4.78, 5) is 11.8. The van der Waals surface area contributed by atoms with Crippen LogP contribution < -0.4 is 9.46 Å². The molecule has 0 heterocycles. The standard InChI is InChI=1S/C16H15ClFNO5S/c1-23-8-9-24-14-7-4-12(17)10-15(14)25(21,22)19-16(20)11-2-5-13(18)6-3-11/h2-7,10H,8-9H2,1H3,(H,19,20). The first-order valence-corrected chi connectivity index (χ1v) is 8.93. The van der Waals surface area contributed by atoms with Gasteiger partial charge in [0.1, 0.15) is 23.1 Å². The van der Waals surface area contributed by atoms with Gasteiger partial charge in [-0.2, -0.15) is 0 Å². The molecular weight excluding hydrogens is 373 g/mol. The van der Waals surface area contributed by atoms with Crippen LogP contribution >= 0.6 is 11.6 Å². The summed E-state index contributed by atoms with van der Waals surface area (Å²) in [5.74, 6) is -1.41. The van der Waals surface area contributed by atoms with Gasteiger partial charge in [-0.25, -0.2) is 17.5 Å². The molecule has 0 fully saturated rings. The Morgan fingerprint density at radius 1 is 1.16 bits per heavy atom. The molecule has 25 heavy (non-hydrogen) atoms. The molecule has 0 aliphatic heterocycles. The normalized spacial score (nSPS) is 11.2. The van der Waals surface area contributed by atoms with Gasteiger partial charge in [-0.1, -0.05) is 11.6 Å².